The molecule has 102 valence electrons. The van der Waals surface area contributed by atoms with Gasteiger partial charge in [0.05, 0.1) is 17.3 Å². The maximum absolute atomic E-state index is 4.43. The van der Waals surface area contributed by atoms with Gasteiger partial charge < -0.3 is 10.6 Å². The Hall–Kier alpha value is -1.67. The Morgan fingerprint density at radius 2 is 2.05 bits per heavy atom. The first-order valence-electron chi connectivity index (χ1n) is 5.78. The van der Waals surface area contributed by atoms with Gasteiger partial charge in [-0.25, -0.2) is 0 Å². The van der Waals surface area contributed by atoms with Gasteiger partial charge in [-0.3, -0.25) is 5.10 Å². The van der Waals surface area contributed by atoms with Gasteiger partial charge in [-0.1, -0.05) is 15.9 Å². The molecule has 0 aliphatic heterocycles. The number of anilines is 3. The van der Waals surface area contributed by atoms with Crippen LogP contribution < -0.4 is 10.6 Å². The van der Waals surface area contributed by atoms with Crippen molar-refractivity contribution in [3.8, 4) is 0 Å². The van der Waals surface area contributed by atoms with Gasteiger partial charge >= 0.3 is 0 Å². The first-order valence-corrected chi connectivity index (χ1v) is 7.37. The van der Waals surface area contributed by atoms with E-state index in [0.717, 1.165) is 20.0 Å². The number of H-pyrrole nitrogens is 1. The first-order chi connectivity index (χ1) is 9.67. The van der Waals surface area contributed by atoms with E-state index in [1.807, 2.05) is 18.2 Å². The van der Waals surface area contributed by atoms with Crippen LogP contribution in [0.5, 0.6) is 0 Å². The van der Waals surface area contributed by atoms with E-state index in [9.17, 15) is 0 Å². The summed E-state index contributed by atoms with van der Waals surface area (Å²) in [6, 6.07) is 5.89. The van der Waals surface area contributed by atoms with Crippen LogP contribution in [-0.4, -0.2) is 27.2 Å². The molecule has 8 heteroatoms. The summed E-state index contributed by atoms with van der Waals surface area (Å²) in [6.45, 7) is 0. The zero-order valence-electron chi connectivity index (χ0n) is 10.4. The van der Waals surface area contributed by atoms with Crippen LogP contribution in [0.25, 0.3) is 11.0 Å². The average Bonchev–Trinajstić information content (AvgIpc) is 2.91. The van der Waals surface area contributed by atoms with Crippen molar-refractivity contribution in [2.75, 3.05) is 17.7 Å². The van der Waals surface area contributed by atoms with Gasteiger partial charge in [0.2, 0.25) is 5.95 Å². The Kier molecular flexibility index (Phi) is 3.58. The molecular formula is C12H10Br2N6. The lowest BCUT2D eigenvalue weighted by Gasteiger charge is -2.10. The summed E-state index contributed by atoms with van der Waals surface area (Å²) in [6.07, 6.45) is 1.70. The molecule has 3 N–H and O–H groups in total. The molecular weight excluding hydrogens is 388 g/mol. The van der Waals surface area contributed by atoms with E-state index in [2.05, 4.69) is 62.7 Å². The predicted octanol–water partition coefficient (Wildman–Crippen LogP) is 3.66. The largest absolute Gasteiger partial charge is 0.357 e. The topological polar surface area (TPSA) is 78.5 Å². The molecule has 0 saturated carbocycles. The molecule has 6 nitrogen and oxygen atoms in total. The van der Waals surface area contributed by atoms with Crippen LogP contribution in [0, 0.1) is 0 Å². The van der Waals surface area contributed by atoms with E-state index in [1.165, 1.54) is 0 Å². The second-order valence-corrected chi connectivity index (χ2v) is 5.80. The van der Waals surface area contributed by atoms with Crippen LogP contribution in [0.4, 0.5) is 17.5 Å². The van der Waals surface area contributed by atoms with Crippen LogP contribution in [0.15, 0.2) is 33.3 Å². The van der Waals surface area contributed by atoms with E-state index in [-0.39, 0.29) is 0 Å². The van der Waals surface area contributed by atoms with Crippen LogP contribution in [0.2, 0.25) is 0 Å². The Bertz CT molecular complexity index is 770. The van der Waals surface area contributed by atoms with E-state index in [1.54, 1.807) is 13.2 Å². The molecule has 0 unspecified atom stereocenters. The number of aromatic amines is 1. The zero-order valence-corrected chi connectivity index (χ0v) is 13.6. The van der Waals surface area contributed by atoms with Gasteiger partial charge in [-0.2, -0.15) is 15.1 Å². The standard InChI is InChI=1S/C12H10Br2N6/c1-15-12-18-10(7-5-16-20-11(7)19-12)17-9-4-6(13)2-3-8(9)14/h2-5H,1H3,(H3,15,16,17,18,19,20). The number of fused-ring (bicyclic) bond motifs is 1. The van der Waals surface area contributed by atoms with Gasteiger partial charge in [0.1, 0.15) is 5.82 Å². The van der Waals surface area contributed by atoms with Crippen molar-refractivity contribution in [3.63, 3.8) is 0 Å². The van der Waals surface area contributed by atoms with Crippen LogP contribution in [-0.2, 0) is 0 Å². The van der Waals surface area contributed by atoms with Crippen molar-refractivity contribution in [1.82, 2.24) is 20.2 Å². The third-order valence-electron chi connectivity index (χ3n) is 2.71. The minimum absolute atomic E-state index is 0.523. The highest BCUT2D eigenvalue weighted by Gasteiger charge is 2.10. The molecule has 0 radical (unpaired) electrons. The molecule has 2 aromatic heterocycles. The number of aromatic nitrogens is 4. The van der Waals surface area contributed by atoms with E-state index in [0.29, 0.717) is 17.4 Å². The first kappa shape index (κ1) is 13.3. The summed E-state index contributed by atoms with van der Waals surface area (Å²) >= 11 is 6.97. The number of benzene rings is 1. The molecule has 0 amide bonds. The highest BCUT2D eigenvalue weighted by Crippen LogP contribution is 2.30. The number of halogens is 2. The summed E-state index contributed by atoms with van der Waals surface area (Å²) in [5.41, 5.74) is 1.58. The molecule has 20 heavy (non-hydrogen) atoms. The fourth-order valence-corrected chi connectivity index (χ4v) is 2.47. The van der Waals surface area contributed by atoms with Gasteiger partial charge in [-0.15, -0.1) is 0 Å². The van der Waals surface area contributed by atoms with Gasteiger partial charge in [0, 0.05) is 16.0 Å². The quantitative estimate of drug-likeness (QED) is 0.628. The molecule has 3 rings (SSSR count). The monoisotopic (exact) mass is 396 g/mol. The maximum atomic E-state index is 4.43. The summed E-state index contributed by atoms with van der Waals surface area (Å²) in [4.78, 5) is 8.72. The lowest BCUT2D eigenvalue weighted by atomic mass is 10.3. The molecule has 0 fully saturated rings. The fraction of sp³-hybridized carbons (Fsp3) is 0.0833. The molecule has 0 bridgehead atoms. The number of hydrogen-bond donors (Lipinski definition) is 3. The Labute approximate surface area is 131 Å². The summed E-state index contributed by atoms with van der Waals surface area (Å²) in [7, 11) is 1.77. The van der Waals surface area contributed by atoms with Gasteiger partial charge in [0.15, 0.2) is 5.65 Å². The van der Waals surface area contributed by atoms with Crippen molar-refractivity contribution in [1.29, 1.82) is 0 Å². The van der Waals surface area contributed by atoms with E-state index in [4.69, 9.17) is 0 Å². The van der Waals surface area contributed by atoms with E-state index >= 15 is 0 Å². The lowest BCUT2D eigenvalue weighted by molar-refractivity contribution is 1.09. The lowest BCUT2D eigenvalue weighted by Crippen LogP contribution is -2.01. The zero-order chi connectivity index (χ0) is 14.1. The summed E-state index contributed by atoms with van der Waals surface area (Å²) in [5, 5.41) is 13.9. The minimum Gasteiger partial charge on any atom is -0.357 e. The Morgan fingerprint density at radius 3 is 2.85 bits per heavy atom. The van der Waals surface area contributed by atoms with E-state index < -0.39 is 0 Å². The fourth-order valence-electron chi connectivity index (χ4n) is 1.76. The third kappa shape index (κ3) is 2.48. The SMILES string of the molecule is CNc1nc(Nc2cc(Br)ccc2Br)c2cn[nH]c2n1. The normalized spacial score (nSPS) is 10.8. The van der Waals surface area contributed by atoms with Gasteiger partial charge in [0.25, 0.3) is 0 Å². The summed E-state index contributed by atoms with van der Waals surface area (Å²) < 4.78 is 1.93. The number of rotatable bonds is 3. The van der Waals surface area contributed by atoms with Crippen LogP contribution in [0.3, 0.4) is 0 Å². The molecule has 0 spiro atoms. The van der Waals surface area contributed by atoms with Crippen LogP contribution >= 0.6 is 31.9 Å². The number of hydrogen-bond acceptors (Lipinski definition) is 5. The molecule has 0 aliphatic rings. The minimum atomic E-state index is 0.523. The summed E-state index contributed by atoms with van der Waals surface area (Å²) in [5.74, 6) is 1.21. The predicted molar refractivity (Wildman–Crippen MR) is 86.4 cm³/mol. The molecule has 2 heterocycles. The van der Waals surface area contributed by atoms with Crippen molar-refractivity contribution in [2.45, 2.75) is 0 Å². The maximum Gasteiger partial charge on any atom is 0.226 e. The molecule has 0 saturated heterocycles. The van der Waals surface area contributed by atoms with Crippen molar-refractivity contribution < 1.29 is 0 Å². The number of nitrogens with one attached hydrogen (secondary N) is 3. The molecule has 0 atom stereocenters. The van der Waals surface area contributed by atoms with Gasteiger partial charge in [-0.05, 0) is 34.1 Å². The second kappa shape index (κ2) is 5.37. The second-order valence-electron chi connectivity index (χ2n) is 4.03. The average molecular weight is 398 g/mol. The van der Waals surface area contributed by atoms with Crippen molar-refractivity contribution in [2.24, 2.45) is 0 Å². The number of nitrogens with zero attached hydrogens (tertiary/aromatic N) is 3. The Balaban J connectivity index is 2.09. The highest BCUT2D eigenvalue weighted by atomic mass is 79.9. The molecule has 3 aromatic rings. The van der Waals surface area contributed by atoms with Crippen molar-refractivity contribution in [3.05, 3.63) is 33.3 Å². The highest BCUT2D eigenvalue weighted by molar-refractivity contribution is 9.11. The third-order valence-corrected chi connectivity index (χ3v) is 3.90. The Morgan fingerprint density at radius 1 is 1.20 bits per heavy atom. The molecule has 0 aliphatic carbocycles. The van der Waals surface area contributed by atoms with Crippen LogP contribution in [0.1, 0.15) is 0 Å². The molecule has 1 aromatic carbocycles. The smallest absolute Gasteiger partial charge is 0.226 e. The van der Waals surface area contributed by atoms with Crippen molar-refractivity contribution >= 4 is 60.3 Å².